The van der Waals surface area contributed by atoms with Crippen molar-refractivity contribution in [1.29, 1.82) is 0 Å². The van der Waals surface area contributed by atoms with Crippen LogP contribution in [0, 0.1) is 6.92 Å². The van der Waals surface area contributed by atoms with Gasteiger partial charge in [0.2, 0.25) is 0 Å². The molecule has 0 unspecified atom stereocenters. The number of benzene rings is 1. The molecule has 3 aromatic rings. The van der Waals surface area contributed by atoms with Crippen LogP contribution in [0.3, 0.4) is 0 Å². The third kappa shape index (κ3) is 3.92. The van der Waals surface area contributed by atoms with Gasteiger partial charge in [0.1, 0.15) is 0 Å². The third-order valence-electron chi connectivity index (χ3n) is 5.68. The Hall–Kier alpha value is -3.22. The summed E-state index contributed by atoms with van der Waals surface area (Å²) in [5.41, 5.74) is 3.04. The van der Waals surface area contributed by atoms with E-state index in [1.165, 1.54) is 0 Å². The number of rotatable bonds is 4. The molecule has 7 heteroatoms. The van der Waals surface area contributed by atoms with E-state index in [0.717, 1.165) is 29.4 Å². The summed E-state index contributed by atoms with van der Waals surface area (Å²) >= 11 is 0. The van der Waals surface area contributed by atoms with E-state index in [2.05, 4.69) is 29.2 Å². The summed E-state index contributed by atoms with van der Waals surface area (Å²) in [6.07, 6.45) is 4.87. The molecule has 0 bridgehead atoms. The number of aromatic nitrogens is 3. The molecule has 1 aromatic carbocycles. The number of amides is 2. The zero-order chi connectivity index (χ0) is 21.3. The first-order valence-electron chi connectivity index (χ1n) is 10.4. The summed E-state index contributed by atoms with van der Waals surface area (Å²) in [4.78, 5) is 31.8. The maximum Gasteiger partial charge on any atom is 0.255 e. The fraction of sp³-hybridized carbons (Fsp3) is 0.391. The van der Waals surface area contributed by atoms with Gasteiger partial charge >= 0.3 is 0 Å². The van der Waals surface area contributed by atoms with Crippen LogP contribution in [-0.2, 0) is 0 Å². The molecular formula is C23H27N5O2. The van der Waals surface area contributed by atoms with Crippen LogP contribution < -0.4 is 5.32 Å². The molecule has 1 aliphatic rings. The maximum absolute atomic E-state index is 13.0. The van der Waals surface area contributed by atoms with Gasteiger partial charge in [-0.15, -0.1) is 0 Å². The van der Waals surface area contributed by atoms with Gasteiger partial charge in [0.15, 0.2) is 5.65 Å². The zero-order valence-electron chi connectivity index (χ0n) is 17.6. The fourth-order valence-corrected chi connectivity index (χ4v) is 3.94. The number of likely N-dealkylation sites (tertiary alicyclic amines) is 1. The minimum absolute atomic E-state index is 0.0228. The van der Waals surface area contributed by atoms with E-state index < -0.39 is 0 Å². The van der Waals surface area contributed by atoms with Gasteiger partial charge in [0.05, 0.1) is 11.8 Å². The number of piperidine rings is 1. The van der Waals surface area contributed by atoms with Crippen LogP contribution in [0.2, 0.25) is 0 Å². The summed E-state index contributed by atoms with van der Waals surface area (Å²) < 4.78 is 1.85. The van der Waals surface area contributed by atoms with Crippen molar-refractivity contribution in [3.05, 3.63) is 59.4 Å². The Morgan fingerprint density at radius 1 is 1.13 bits per heavy atom. The second-order valence-corrected chi connectivity index (χ2v) is 8.17. The van der Waals surface area contributed by atoms with Crippen molar-refractivity contribution in [3.63, 3.8) is 0 Å². The number of fused-ring (bicyclic) bond motifs is 1. The van der Waals surface area contributed by atoms with Crippen molar-refractivity contribution in [2.45, 2.75) is 45.7 Å². The van der Waals surface area contributed by atoms with Crippen molar-refractivity contribution in [2.75, 3.05) is 13.1 Å². The monoisotopic (exact) mass is 405 g/mol. The molecule has 2 amide bonds. The lowest BCUT2D eigenvalue weighted by Crippen LogP contribution is -2.46. The van der Waals surface area contributed by atoms with Crippen LogP contribution in [-0.4, -0.2) is 50.6 Å². The van der Waals surface area contributed by atoms with Gasteiger partial charge in [-0.3, -0.25) is 9.59 Å². The van der Waals surface area contributed by atoms with Gasteiger partial charge in [0, 0.05) is 42.3 Å². The highest BCUT2D eigenvalue weighted by Crippen LogP contribution is 2.19. The lowest BCUT2D eigenvalue weighted by molar-refractivity contribution is 0.0698. The third-order valence-corrected chi connectivity index (χ3v) is 5.68. The molecule has 0 radical (unpaired) electrons. The Kier molecular flexibility index (Phi) is 5.53. The standard InChI is InChI=1S/C23H27N5O2/c1-15(2)28-21-17(14-25-28)12-18(13-24-21)23(30)27-10-8-19(9-11-27)26-22(29)20-7-5-4-6-16(20)3/h4-7,12-15,19H,8-11H2,1-3H3,(H,26,29). The number of carbonyl (C=O) groups is 2. The number of aryl methyl sites for hydroxylation is 1. The van der Waals surface area contributed by atoms with Crippen molar-refractivity contribution >= 4 is 22.8 Å². The maximum atomic E-state index is 13.0. The second-order valence-electron chi connectivity index (χ2n) is 8.17. The predicted molar refractivity (Wildman–Crippen MR) is 115 cm³/mol. The average molecular weight is 406 g/mol. The minimum Gasteiger partial charge on any atom is -0.349 e. The topological polar surface area (TPSA) is 80.1 Å². The summed E-state index contributed by atoms with van der Waals surface area (Å²) in [7, 11) is 0. The van der Waals surface area contributed by atoms with Gasteiger partial charge in [-0.05, 0) is 51.3 Å². The molecule has 1 aliphatic heterocycles. The summed E-state index contributed by atoms with van der Waals surface area (Å²) in [6.45, 7) is 7.26. The molecule has 1 fully saturated rings. The lowest BCUT2D eigenvalue weighted by atomic mass is 10.0. The Morgan fingerprint density at radius 3 is 2.57 bits per heavy atom. The average Bonchev–Trinajstić information content (AvgIpc) is 3.17. The van der Waals surface area contributed by atoms with E-state index in [-0.39, 0.29) is 23.9 Å². The number of nitrogens with zero attached hydrogens (tertiary/aromatic N) is 4. The first-order valence-corrected chi connectivity index (χ1v) is 10.4. The number of nitrogens with one attached hydrogen (secondary N) is 1. The first kappa shape index (κ1) is 20.1. The number of hydrogen-bond donors (Lipinski definition) is 1. The summed E-state index contributed by atoms with van der Waals surface area (Å²) in [6, 6.07) is 9.73. The van der Waals surface area contributed by atoms with Gasteiger partial charge in [-0.2, -0.15) is 5.10 Å². The van der Waals surface area contributed by atoms with Crippen LogP contribution >= 0.6 is 0 Å². The van der Waals surface area contributed by atoms with Gasteiger partial charge in [-0.25, -0.2) is 9.67 Å². The molecular weight excluding hydrogens is 378 g/mol. The van der Waals surface area contributed by atoms with Crippen LogP contribution in [0.5, 0.6) is 0 Å². The van der Waals surface area contributed by atoms with Crippen LogP contribution in [0.15, 0.2) is 42.7 Å². The Balaban J connectivity index is 1.38. The van der Waals surface area contributed by atoms with Crippen molar-refractivity contribution in [1.82, 2.24) is 25.0 Å². The zero-order valence-corrected chi connectivity index (χ0v) is 17.6. The van der Waals surface area contributed by atoms with Gasteiger partial charge in [0.25, 0.3) is 11.8 Å². The van der Waals surface area contributed by atoms with Crippen LogP contribution in [0.1, 0.15) is 59.0 Å². The van der Waals surface area contributed by atoms with E-state index in [4.69, 9.17) is 0 Å². The molecule has 30 heavy (non-hydrogen) atoms. The summed E-state index contributed by atoms with van der Waals surface area (Å²) in [5.74, 6) is -0.0694. The minimum atomic E-state index is -0.0466. The molecule has 0 atom stereocenters. The Labute approximate surface area is 176 Å². The molecule has 0 spiro atoms. The van der Waals surface area contributed by atoms with Crippen molar-refractivity contribution in [3.8, 4) is 0 Å². The Bertz CT molecular complexity index is 1080. The normalized spacial score (nSPS) is 15.0. The highest BCUT2D eigenvalue weighted by Gasteiger charge is 2.25. The molecule has 1 N–H and O–H groups in total. The first-order chi connectivity index (χ1) is 14.4. The van der Waals surface area contributed by atoms with Gasteiger partial charge in [-0.1, -0.05) is 18.2 Å². The second kappa shape index (κ2) is 8.26. The molecule has 7 nitrogen and oxygen atoms in total. The van der Waals surface area contributed by atoms with Crippen molar-refractivity contribution in [2.24, 2.45) is 0 Å². The smallest absolute Gasteiger partial charge is 0.255 e. The highest BCUT2D eigenvalue weighted by atomic mass is 16.2. The van der Waals surface area contributed by atoms with Crippen LogP contribution in [0.4, 0.5) is 0 Å². The summed E-state index contributed by atoms with van der Waals surface area (Å²) in [5, 5.41) is 8.35. The number of hydrogen-bond acceptors (Lipinski definition) is 4. The number of carbonyl (C=O) groups excluding carboxylic acids is 2. The largest absolute Gasteiger partial charge is 0.349 e. The molecule has 0 aliphatic carbocycles. The van der Waals surface area contributed by atoms with E-state index in [1.54, 1.807) is 12.4 Å². The molecule has 2 aromatic heterocycles. The van der Waals surface area contributed by atoms with E-state index >= 15 is 0 Å². The highest BCUT2D eigenvalue weighted by molar-refractivity contribution is 5.97. The molecule has 3 heterocycles. The molecule has 156 valence electrons. The van der Waals surface area contributed by atoms with Crippen molar-refractivity contribution < 1.29 is 9.59 Å². The molecule has 1 saturated heterocycles. The van der Waals surface area contributed by atoms with E-state index in [9.17, 15) is 9.59 Å². The van der Waals surface area contributed by atoms with E-state index in [1.807, 2.05) is 46.8 Å². The number of pyridine rings is 1. The fourth-order valence-electron chi connectivity index (χ4n) is 3.94. The SMILES string of the molecule is Cc1ccccc1C(=O)NC1CCN(C(=O)c2cnc3c(cnn3C(C)C)c2)CC1. The Morgan fingerprint density at radius 2 is 1.87 bits per heavy atom. The quantitative estimate of drug-likeness (QED) is 0.722. The van der Waals surface area contributed by atoms with Crippen LogP contribution in [0.25, 0.3) is 11.0 Å². The van der Waals surface area contributed by atoms with Gasteiger partial charge < -0.3 is 10.2 Å². The lowest BCUT2D eigenvalue weighted by Gasteiger charge is -2.32. The molecule has 4 rings (SSSR count). The van der Waals surface area contributed by atoms with E-state index in [0.29, 0.717) is 24.2 Å². The predicted octanol–water partition coefficient (Wildman–Crippen LogP) is 3.36. The molecule has 0 saturated carbocycles.